The van der Waals surface area contributed by atoms with Gasteiger partial charge in [-0.25, -0.2) is 0 Å². The van der Waals surface area contributed by atoms with Crippen LogP contribution in [0.1, 0.15) is 0 Å². The van der Waals surface area contributed by atoms with Gasteiger partial charge in [-0.05, 0) is 12.1 Å². The van der Waals surface area contributed by atoms with Gasteiger partial charge in [-0.3, -0.25) is 10.1 Å². The predicted molar refractivity (Wildman–Crippen MR) is 69.9 cm³/mol. The van der Waals surface area contributed by atoms with Crippen molar-refractivity contribution in [2.24, 2.45) is 0 Å². The SMILES string of the molecule is C#CCNCC(=O)Nc1ccc(OC)cc1OC. The topological polar surface area (TPSA) is 59.6 Å². The van der Waals surface area contributed by atoms with Crippen LogP contribution in [0.2, 0.25) is 0 Å². The summed E-state index contributed by atoms with van der Waals surface area (Å²) in [5.74, 6) is 3.41. The van der Waals surface area contributed by atoms with Crippen LogP contribution in [0, 0.1) is 12.3 Å². The summed E-state index contributed by atoms with van der Waals surface area (Å²) in [6.45, 7) is 0.506. The van der Waals surface area contributed by atoms with Gasteiger partial charge in [0.2, 0.25) is 5.91 Å². The molecular weight excluding hydrogens is 232 g/mol. The van der Waals surface area contributed by atoms with E-state index in [0.717, 1.165) is 0 Å². The van der Waals surface area contributed by atoms with Crippen LogP contribution < -0.4 is 20.1 Å². The summed E-state index contributed by atoms with van der Waals surface area (Å²) < 4.78 is 10.2. The van der Waals surface area contributed by atoms with Gasteiger partial charge in [-0.15, -0.1) is 6.42 Å². The molecule has 18 heavy (non-hydrogen) atoms. The fraction of sp³-hybridized carbons (Fsp3) is 0.308. The zero-order chi connectivity index (χ0) is 13.4. The van der Waals surface area contributed by atoms with Crippen molar-refractivity contribution in [1.82, 2.24) is 5.32 Å². The number of methoxy groups -OCH3 is 2. The largest absolute Gasteiger partial charge is 0.497 e. The van der Waals surface area contributed by atoms with Crippen LogP contribution in [0.3, 0.4) is 0 Å². The van der Waals surface area contributed by atoms with Crippen molar-refractivity contribution < 1.29 is 14.3 Å². The maximum Gasteiger partial charge on any atom is 0.238 e. The summed E-state index contributed by atoms with van der Waals surface area (Å²) in [5, 5.41) is 5.52. The van der Waals surface area contributed by atoms with Gasteiger partial charge in [-0.1, -0.05) is 5.92 Å². The summed E-state index contributed by atoms with van der Waals surface area (Å²) in [5.41, 5.74) is 0.589. The fourth-order valence-corrected chi connectivity index (χ4v) is 1.34. The summed E-state index contributed by atoms with van der Waals surface area (Å²) in [4.78, 5) is 11.6. The van der Waals surface area contributed by atoms with E-state index in [4.69, 9.17) is 15.9 Å². The van der Waals surface area contributed by atoms with Crippen molar-refractivity contribution in [1.29, 1.82) is 0 Å². The second-order valence-corrected chi connectivity index (χ2v) is 3.42. The summed E-state index contributed by atoms with van der Waals surface area (Å²) in [6.07, 6.45) is 5.07. The van der Waals surface area contributed by atoms with Gasteiger partial charge in [0.05, 0.1) is 33.0 Å². The number of ether oxygens (including phenoxy) is 2. The predicted octanol–water partition coefficient (Wildman–Crippen LogP) is 0.865. The van der Waals surface area contributed by atoms with Gasteiger partial charge in [0.15, 0.2) is 0 Å². The Morgan fingerprint density at radius 1 is 1.39 bits per heavy atom. The number of rotatable bonds is 6. The molecule has 0 atom stereocenters. The lowest BCUT2D eigenvalue weighted by molar-refractivity contribution is -0.115. The van der Waals surface area contributed by atoms with Crippen LogP contribution in [0.15, 0.2) is 18.2 Å². The minimum Gasteiger partial charge on any atom is -0.497 e. The smallest absolute Gasteiger partial charge is 0.238 e. The number of amides is 1. The van der Waals surface area contributed by atoms with Crippen molar-refractivity contribution in [3.63, 3.8) is 0 Å². The summed E-state index contributed by atoms with van der Waals surface area (Å²) in [7, 11) is 3.10. The third kappa shape index (κ3) is 4.00. The van der Waals surface area contributed by atoms with E-state index in [0.29, 0.717) is 23.7 Å². The van der Waals surface area contributed by atoms with Crippen molar-refractivity contribution in [2.45, 2.75) is 0 Å². The zero-order valence-corrected chi connectivity index (χ0v) is 10.4. The van der Waals surface area contributed by atoms with E-state index in [9.17, 15) is 4.79 Å². The maximum absolute atomic E-state index is 11.6. The molecule has 1 rings (SSSR count). The minimum absolute atomic E-state index is 0.152. The van der Waals surface area contributed by atoms with Crippen molar-refractivity contribution in [2.75, 3.05) is 32.6 Å². The molecule has 0 bridgehead atoms. The first-order valence-corrected chi connectivity index (χ1v) is 5.37. The van der Waals surface area contributed by atoms with Crippen LogP contribution in [-0.2, 0) is 4.79 Å². The molecule has 0 fully saturated rings. The van der Waals surface area contributed by atoms with Gasteiger partial charge < -0.3 is 14.8 Å². The standard InChI is InChI=1S/C13H16N2O3/c1-4-7-14-9-13(16)15-11-6-5-10(17-2)8-12(11)18-3/h1,5-6,8,14H,7,9H2,2-3H3,(H,15,16). The van der Waals surface area contributed by atoms with Crippen molar-refractivity contribution in [3.8, 4) is 23.8 Å². The first-order valence-electron chi connectivity index (χ1n) is 5.37. The number of carbonyl (C=O) groups excluding carboxylic acids is 1. The molecule has 0 saturated carbocycles. The Hall–Kier alpha value is -2.19. The van der Waals surface area contributed by atoms with E-state index in [2.05, 4.69) is 16.6 Å². The first-order chi connectivity index (χ1) is 8.71. The Bertz CT molecular complexity index is 452. The average Bonchev–Trinajstić information content (AvgIpc) is 2.39. The van der Waals surface area contributed by atoms with Crippen LogP contribution in [-0.4, -0.2) is 33.2 Å². The number of hydrogen-bond acceptors (Lipinski definition) is 4. The summed E-state index contributed by atoms with van der Waals surface area (Å²) in [6, 6.07) is 5.16. The number of anilines is 1. The second kappa shape index (κ2) is 7.20. The molecule has 0 aliphatic heterocycles. The highest BCUT2D eigenvalue weighted by atomic mass is 16.5. The second-order valence-electron chi connectivity index (χ2n) is 3.42. The molecule has 1 aromatic rings. The maximum atomic E-state index is 11.6. The van der Waals surface area contributed by atoms with Crippen molar-refractivity contribution in [3.05, 3.63) is 18.2 Å². The van der Waals surface area contributed by atoms with Gasteiger partial charge in [0.1, 0.15) is 11.5 Å². The molecule has 5 heteroatoms. The average molecular weight is 248 g/mol. The van der Waals surface area contributed by atoms with E-state index < -0.39 is 0 Å². The normalized spacial score (nSPS) is 9.39. The third-order valence-corrected chi connectivity index (χ3v) is 2.20. The van der Waals surface area contributed by atoms with Gasteiger partial charge in [-0.2, -0.15) is 0 Å². The highest BCUT2D eigenvalue weighted by Gasteiger charge is 2.08. The molecule has 0 aliphatic carbocycles. The molecule has 1 amide bonds. The van der Waals surface area contributed by atoms with Gasteiger partial charge in [0, 0.05) is 6.07 Å². The molecule has 96 valence electrons. The molecule has 0 heterocycles. The molecule has 0 aliphatic rings. The monoisotopic (exact) mass is 248 g/mol. The fourth-order valence-electron chi connectivity index (χ4n) is 1.34. The first kappa shape index (κ1) is 13.9. The minimum atomic E-state index is -0.186. The molecule has 0 saturated heterocycles. The number of carbonyl (C=O) groups is 1. The zero-order valence-electron chi connectivity index (χ0n) is 10.4. The van der Waals surface area contributed by atoms with Crippen LogP contribution >= 0.6 is 0 Å². The van der Waals surface area contributed by atoms with Crippen LogP contribution in [0.4, 0.5) is 5.69 Å². The summed E-state index contributed by atoms with van der Waals surface area (Å²) >= 11 is 0. The Morgan fingerprint density at radius 2 is 2.17 bits per heavy atom. The lowest BCUT2D eigenvalue weighted by atomic mass is 10.2. The highest BCUT2D eigenvalue weighted by Crippen LogP contribution is 2.28. The Morgan fingerprint density at radius 3 is 2.78 bits per heavy atom. The molecule has 0 spiro atoms. The van der Waals surface area contributed by atoms with Gasteiger partial charge in [0.25, 0.3) is 0 Å². The quantitative estimate of drug-likeness (QED) is 0.579. The number of nitrogens with one attached hydrogen (secondary N) is 2. The number of hydrogen-bond donors (Lipinski definition) is 2. The highest BCUT2D eigenvalue weighted by molar-refractivity contribution is 5.93. The van der Waals surface area contributed by atoms with Gasteiger partial charge >= 0.3 is 0 Å². The van der Waals surface area contributed by atoms with E-state index in [1.807, 2.05) is 0 Å². The number of terminal acetylenes is 1. The van der Waals surface area contributed by atoms with E-state index in [-0.39, 0.29) is 12.5 Å². The van der Waals surface area contributed by atoms with E-state index >= 15 is 0 Å². The Labute approximate surface area is 106 Å². The molecular formula is C13H16N2O3. The lowest BCUT2D eigenvalue weighted by Gasteiger charge is -2.11. The number of benzene rings is 1. The van der Waals surface area contributed by atoms with E-state index in [1.54, 1.807) is 25.3 Å². The molecule has 0 aromatic heterocycles. The molecule has 0 unspecified atom stereocenters. The Balaban J connectivity index is 2.66. The molecule has 2 N–H and O–H groups in total. The third-order valence-electron chi connectivity index (χ3n) is 2.20. The molecule has 5 nitrogen and oxygen atoms in total. The van der Waals surface area contributed by atoms with Crippen LogP contribution in [0.25, 0.3) is 0 Å². The Kier molecular flexibility index (Phi) is 5.55. The molecule has 1 aromatic carbocycles. The van der Waals surface area contributed by atoms with E-state index in [1.165, 1.54) is 7.11 Å². The van der Waals surface area contributed by atoms with Crippen LogP contribution in [0.5, 0.6) is 11.5 Å². The molecule has 0 radical (unpaired) electrons. The lowest BCUT2D eigenvalue weighted by Crippen LogP contribution is -2.28. The van der Waals surface area contributed by atoms with Crippen molar-refractivity contribution >= 4 is 11.6 Å².